The minimum absolute atomic E-state index is 0.0309. The predicted molar refractivity (Wildman–Crippen MR) is 86.1 cm³/mol. The topological polar surface area (TPSA) is 49.4 Å². The summed E-state index contributed by atoms with van der Waals surface area (Å²) in [7, 11) is 0. The van der Waals surface area contributed by atoms with E-state index in [4.69, 9.17) is 0 Å². The molecule has 0 bridgehead atoms. The second-order valence-electron chi connectivity index (χ2n) is 6.72. The van der Waals surface area contributed by atoms with Crippen molar-refractivity contribution in [1.82, 2.24) is 10.2 Å². The zero-order chi connectivity index (χ0) is 15.1. The summed E-state index contributed by atoms with van der Waals surface area (Å²) in [6, 6.07) is -0.272. The van der Waals surface area contributed by atoms with Crippen LogP contribution >= 0.6 is 11.3 Å². The lowest BCUT2D eigenvalue weighted by molar-refractivity contribution is -0.125. The van der Waals surface area contributed by atoms with E-state index in [1.165, 1.54) is 36.8 Å². The standard InChI is InChI=1S/C17H22N2O2S/c20-16-14(7-3-4-8-18-16)19-9-12-13(11-5-1-2-6-11)10-22-15(12)17(19)21/h10-11,14H,1-9H2,(H,18,20)/t14-/m0/s1. The van der Waals surface area contributed by atoms with Crippen LogP contribution in [0.15, 0.2) is 5.38 Å². The molecule has 1 saturated heterocycles. The van der Waals surface area contributed by atoms with Gasteiger partial charge in [0.05, 0.1) is 4.88 Å². The van der Waals surface area contributed by atoms with Crippen molar-refractivity contribution in [1.29, 1.82) is 0 Å². The zero-order valence-corrected chi connectivity index (χ0v) is 13.6. The fourth-order valence-corrected chi connectivity index (χ4v) is 5.28. The highest BCUT2D eigenvalue weighted by atomic mass is 32.1. The Morgan fingerprint density at radius 1 is 1.09 bits per heavy atom. The van der Waals surface area contributed by atoms with Gasteiger partial charge in [-0.25, -0.2) is 0 Å². The van der Waals surface area contributed by atoms with Crippen molar-refractivity contribution in [3.8, 4) is 0 Å². The number of thiophene rings is 1. The molecule has 4 rings (SSSR count). The second kappa shape index (κ2) is 5.69. The van der Waals surface area contributed by atoms with E-state index in [1.807, 2.05) is 4.90 Å². The number of hydrogen-bond donors (Lipinski definition) is 1. The van der Waals surface area contributed by atoms with Gasteiger partial charge in [0.2, 0.25) is 5.91 Å². The van der Waals surface area contributed by atoms with Crippen LogP contribution in [-0.4, -0.2) is 29.3 Å². The van der Waals surface area contributed by atoms with Crippen molar-refractivity contribution in [3.05, 3.63) is 21.4 Å². The molecule has 1 N–H and O–H groups in total. The van der Waals surface area contributed by atoms with Crippen LogP contribution < -0.4 is 5.32 Å². The molecular formula is C17H22N2O2S. The first kappa shape index (κ1) is 14.2. The maximum atomic E-state index is 12.7. The normalized spacial score (nSPS) is 26.2. The monoisotopic (exact) mass is 318 g/mol. The lowest BCUT2D eigenvalue weighted by atomic mass is 9.96. The molecule has 5 heteroatoms. The van der Waals surface area contributed by atoms with Crippen LogP contribution in [0.3, 0.4) is 0 Å². The predicted octanol–water partition coefficient (Wildman–Crippen LogP) is 3.03. The number of carbonyl (C=O) groups excluding carboxylic acids is 2. The van der Waals surface area contributed by atoms with E-state index >= 15 is 0 Å². The third-order valence-electron chi connectivity index (χ3n) is 5.39. The second-order valence-corrected chi connectivity index (χ2v) is 7.60. The van der Waals surface area contributed by atoms with Gasteiger partial charge in [-0.1, -0.05) is 12.8 Å². The van der Waals surface area contributed by atoms with E-state index in [-0.39, 0.29) is 17.9 Å². The Bertz CT molecular complexity index is 604. The van der Waals surface area contributed by atoms with Gasteiger partial charge in [0.25, 0.3) is 5.91 Å². The van der Waals surface area contributed by atoms with Gasteiger partial charge in [-0.05, 0) is 54.5 Å². The van der Waals surface area contributed by atoms with Crippen molar-refractivity contribution in [3.63, 3.8) is 0 Å². The third-order valence-corrected chi connectivity index (χ3v) is 6.42. The third kappa shape index (κ3) is 2.26. The number of carbonyl (C=O) groups is 2. The van der Waals surface area contributed by atoms with Gasteiger partial charge >= 0.3 is 0 Å². The summed E-state index contributed by atoms with van der Waals surface area (Å²) in [6.07, 6.45) is 7.93. The lowest BCUT2D eigenvalue weighted by Crippen LogP contribution is -2.45. The Hall–Kier alpha value is -1.36. The maximum absolute atomic E-state index is 12.7. The summed E-state index contributed by atoms with van der Waals surface area (Å²) in [6.45, 7) is 1.38. The zero-order valence-electron chi connectivity index (χ0n) is 12.8. The van der Waals surface area contributed by atoms with Crippen LogP contribution in [0.25, 0.3) is 0 Å². The van der Waals surface area contributed by atoms with Gasteiger partial charge in [-0.15, -0.1) is 11.3 Å². The van der Waals surface area contributed by atoms with Crippen LogP contribution in [0.2, 0.25) is 0 Å². The molecule has 0 spiro atoms. The Morgan fingerprint density at radius 3 is 2.68 bits per heavy atom. The number of fused-ring (bicyclic) bond motifs is 1. The van der Waals surface area contributed by atoms with Crippen molar-refractivity contribution in [2.24, 2.45) is 0 Å². The molecule has 3 heterocycles. The fraction of sp³-hybridized carbons (Fsp3) is 0.647. The van der Waals surface area contributed by atoms with E-state index in [1.54, 1.807) is 11.3 Å². The summed E-state index contributed by atoms with van der Waals surface area (Å²) in [5, 5.41) is 5.15. The minimum Gasteiger partial charge on any atom is -0.354 e. The molecule has 3 aliphatic rings. The fourth-order valence-electron chi connectivity index (χ4n) is 4.16. The highest BCUT2D eigenvalue weighted by Gasteiger charge is 2.40. The molecule has 1 atom stereocenters. The first-order valence-electron chi connectivity index (χ1n) is 8.44. The molecule has 0 unspecified atom stereocenters. The van der Waals surface area contributed by atoms with Gasteiger partial charge in [0.1, 0.15) is 6.04 Å². The number of rotatable bonds is 2. The molecule has 2 amide bonds. The molecule has 0 radical (unpaired) electrons. The Morgan fingerprint density at radius 2 is 1.86 bits per heavy atom. The molecule has 1 aromatic rings. The summed E-state index contributed by atoms with van der Waals surface area (Å²) in [4.78, 5) is 27.7. The van der Waals surface area contributed by atoms with Gasteiger partial charge in [-0.3, -0.25) is 9.59 Å². The first-order chi connectivity index (χ1) is 10.8. The maximum Gasteiger partial charge on any atom is 0.265 e. The number of nitrogens with zero attached hydrogens (tertiary/aromatic N) is 1. The summed E-state index contributed by atoms with van der Waals surface area (Å²) >= 11 is 1.58. The highest BCUT2D eigenvalue weighted by Crippen LogP contribution is 2.42. The first-order valence-corrected chi connectivity index (χ1v) is 9.32. The molecule has 2 fully saturated rings. The SMILES string of the molecule is O=C1NCCCC[C@@H]1N1Cc2c(C3CCCC3)csc2C1=O. The average molecular weight is 318 g/mol. The Kier molecular flexibility index (Phi) is 3.68. The van der Waals surface area contributed by atoms with Gasteiger partial charge in [-0.2, -0.15) is 0 Å². The molecular weight excluding hydrogens is 296 g/mol. The van der Waals surface area contributed by atoms with Crippen LogP contribution in [-0.2, 0) is 11.3 Å². The van der Waals surface area contributed by atoms with Crippen LogP contribution in [0.1, 0.15) is 71.7 Å². The Labute approximate surface area is 134 Å². The van der Waals surface area contributed by atoms with E-state index in [2.05, 4.69) is 10.7 Å². The largest absolute Gasteiger partial charge is 0.354 e. The molecule has 0 aromatic carbocycles. The van der Waals surface area contributed by atoms with Gasteiger partial charge < -0.3 is 10.2 Å². The van der Waals surface area contributed by atoms with E-state index in [0.29, 0.717) is 12.5 Å². The number of hydrogen-bond acceptors (Lipinski definition) is 3. The lowest BCUT2D eigenvalue weighted by Gasteiger charge is -2.25. The van der Waals surface area contributed by atoms with E-state index < -0.39 is 0 Å². The molecule has 4 nitrogen and oxygen atoms in total. The van der Waals surface area contributed by atoms with Crippen LogP contribution in [0.5, 0.6) is 0 Å². The highest BCUT2D eigenvalue weighted by molar-refractivity contribution is 7.12. The summed E-state index contributed by atoms with van der Waals surface area (Å²) < 4.78 is 0. The molecule has 2 aliphatic heterocycles. The molecule has 22 heavy (non-hydrogen) atoms. The quantitative estimate of drug-likeness (QED) is 0.911. The molecule has 1 aromatic heterocycles. The van der Waals surface area contributed by atoms with Crippen molar-refractivity contribution in [2.75, 3.05) is 6.54 Å². The smallest absolute Gasteiger partial charge is 0.265 e. The minimum atomic E-state index is -0.272. The molecule has 1 aliphatic carbocycles. The summed E-state index contributed by atoms with van der Waals surface area (Å²) in [5.41, 5.74) is 2.61. The average Bonchev–Trinajstić information content (AvgIpc) is 3.18. The van der Waals surface area contributed by atoms with E-state index in [9.17, 15) is 9.59 Å². The summed E-state index contributed by atoms with van der Waals surface area (Å²) in [5.74, 6) is 0.741. The number of nitrogens with one attached hydrogen (secondary N) is 1. The Balaban J connectivity index is 1.59. The molecule has 118 valence electrons. The van der Waals surface area contributed by atoms with Gasteiger partial charge in [0, 0.05) is 13.1 Å². The van der Waals surface area contributed by atoms with Crippen LogP contribution in [0.4, 0.5) is 0 Å². The van der Waals surface area contributed by atoms with Crippen molar-refractivity contribution < 1.29 is 9.59 Å². The van der Waals surface area contributed by atoms with E-state index in [0.717, 1.165) is 30.7 Å². The molecule has 1 saturated carbocycles. The van der Waals surface area contributed by atoms with Crippen LogP contribution in [0, 0.1) is 0 Å². The van der Waals surface area contributed by atoms with Gasteiger partial charge in [0.15, 0.2) is 0 Å². The number of amides is 2. The van der Waals surface area contributed by atoms with Crippen molar-refractivity contribution in [2.45, 2.75) is 63.5 Å². The van der Waals surface area contributed by atoms with Crippen molar-refractivity contribution >= 4 is 23.2 Å².